The van der Waals surface area contributed by atoms with Crippen molar-refractivity contribution in [3.05, 3.63) is 42.1 Å². The largest absolute Gasteiger partial charge is 0.345 e. The number of aryl methyl sites for hydroxylation is 1. The monoisotopic (exact) mass is 238 g/mol. The summed E-state index contributed by atoms with van der Waals surface area (Å²) in [7, 11) is 0. The number of hydrogen-bond acceptors (Lipinski definition) is 4. The van der Waals surface area contributed by atoms with Crippen molar-refractivity contribution in [2.75, 3.05) is 0 Å². The Balaban J connectivity index is 2.18. The summed E-state index contributed by atoms with van der Waals surface area (Å²) in [5, 5.41) is 0. The summed E-state index contributed by atoms with van der Waals surface area (Å²) >= 11 is 0. The number of nitrogens with zero attached hydrogens (tertiary/aromatic N) is 3. The molecule has 18 heavy (non-hydrogen) atoms. The van der Waals surface area contributed by atoms with E-state index in [1.165, 1.54) is 0 Å². The first-order valence-electron chi connectivity index (χ1n) is 5.50. The molecule has 2 heterocycles. The molecule has 0 bridgehead atoms. The molecule has 0 atom stereocenters. The second-order valence-corrected chi connectivity index (χ2v) is 4.01. The van der Waals surface area contributed by atoms with Gasteiger partial charge in [-0.2, -0.15) is 0 Å². The standard InChI is InChI=1S/C13H10N4O/c1-8-4-11(17-13(6-18)16-8)9-2-3-10-12(5-9)15-7-14-10/h2-7H,1H3,(H,14,15). The molecule has 2 aromatic heterocycles. The molecule has 3 aromatic rings. The van der Waals surface area contributed by atoms with Crippen LogP contribution >= 0.6 is 0 Å². The van der Waals surface area contributed by atoms with Gasteiger partial charge < -0.3 is 4.98 Å². The number of benzene rings is 1. The van der Waals surface area contributed by atoms with Crippen LogP contribution in [0.15, 0.2) is 30.6 Å². The first kappa shape index (κ1) is 10.6. The molecule has 0 spiro atoms. The first-order valence-corrected chi connectivity index (χ1v) is 5.50. The third-order valence-electron chi connectivity index (χ3n) is 2.69. The van der Waals surface area contributed by atoms with E-state index in [9.17, 15) is 4.79 Å². The van der Waals surface area contributed by atoms with E-state index in [1.807, 2.05) is 31.2 Å². The zero-order chi connectivity index (χ0) is 12.5. The van der Waals surface area contributed by atoms with E-state index in [0.29, 0.717) is 6.29 Å². The number of nitrogens with one attached hydrogen (secondary N) is 1. The molecule has 0 aliphatic carbocycles. The lowest BCUT2D eigenvalue weighted by molar-refractivity contribution is 0.111. The lowest BCUT2D eigenvalue weighted by Crippen LogP contribution is -1.97. The third-order valence-corrected chi connectivity index (χ3v) is 2.69. The van der Waals surface area contributed by atoms with Crippen LogP contribution < -0.4 is 0 Å². The van der Waals surface area contributed by atoms with E-state index in [4.69, 9.17) is 0 Å². The van der Waals surface area contributed by atoms with Crippen LogP contribution in [-0.4, -0.2) is 26.2 Å². The number of carbonyl (C=O) groups excluding carboxylic acids is 1. The van der Waals surface area contributed by atoms with Gasteiger partial charge in [-0.25, -0.2) is 15.0 Å². The fourth-order valence-corrected chi connectivity index (χ4v) is 1.89. The fraction of sp³-hybridized carbons (Fsp3) is 0.0769. The lowest BCUT2D eigenvalue weighted by atomic mass is 10.1. The predicted molar refractivity (Wildman–Crippen MR) is 67.2 cm³/mol. The van der Waals surface area contributed by atoms with Gasteiger partial charge >= 0.3 is 0 Å². The zero-order valence-electron chi connectivity index (χ0n) is 9.71. The zero-order valence-corrected chi connectivity index (χ0v) is 9.71. The number of hydrogen-bond donors (Lipinski definition) is 1. The van der Waals surface area contributed by atoms with E-state index >= 15 is 0 Å². The van der Waals surface area contributed by atoms with Crippen molar-refractivity contribution >= 4 is 17.3 Å². The van der Waals surface area contributed by atoms with Crippen molar-refractivity contribution in [1.82, 2.24) is 19.9 Å². The van der Waals surface area contributed by atoms with Crippen LogP contribution in [0, 0.1) is 6.92 Å². The molecule has 0 unspecified atom stereocenters. The Labute approximate surface area is 103 Å². The number of imidazole rings is 1. The quantitative estimate of drug-likeness (QED) is 0.694. The van der Waals surface area contributed by atoms with Gasteiger partial charge in [-0.3, -0.25) is 4.79 Å². The minimum atomic E-state index is 0.203. The van der Waals surface area contributed by atoms with E-state index < -0.39 is 0 Å². The van der Waals surface area contributed by atoms with Gasteiger partial charge in [-0.05, 0) is 25.1 Å². The minimum Gasteiger partial charge on any atom is -0.345 e. The Morgan fingerprint density at radius 3 is 2.94 bits per heavy atom. The number of aldehydes is 1. The van der Waals surface area contributed by atoms with Gasteiger partial charge in [0.05, 0.1) is 23.1 Å². The van der Waals surface area contributed by atoms with E-state index in [-0.39, 0.29) is 5.82 Å². The summed E-state index contributed by atoms with van der Waals surface area (Å²) in [6.07, 6.45) is 2.31. The average molecular weight is 238 g/mol. The summed E-state index contributed by atoms with van der Waals surface area (Å²) in [6, 6.07) is 7.65. The van der Waals surface area contributed by atoms with Crippen molar-refractivity contribution in [2.24, 2.45) is 0 Å². The van der Waals surface area contributed by atoms with Gasteiger partial charge in [-0.15, -0.1) is 0 Å². The van der Waals surface area contributed by atoms with Gasteiger partial charge in [0.2, 0.25) is 0 Å². The van der Waals surface area contributed by atoms with Crippen LogP contribution in [0.1, 0.15) is 16.3 Å². The highest BCUT2D eigenvalue weighted by Gasteiger charge is 2.05. The minimum absolute atomic E-state index is 0.203. The Morgan fingerprint density at radius 1 is 1.22 bits per heavy atom. The topological polar surface area (TPSA) is 71.5 Å². The molecule has 1 N–H and O–H groups in total. The molecule has 0 saturated carbocycles. The highest BCUT2D eigenvalue weighted by molar-refractivity contribution is 5.81. The molecule has 88 valence electrons. The molecule has 5 heteroatoms. The number of aromatic nitrogens is 4. The summed E-state index contributed by atoms with van der Waals surface area (Å²) in [5.74, 6) is 0.203. The van der Waals surface area contributed by atoms with Crippen molar-refractivity contribution in [1.29, 1.82) is 0 Å². The molecular formula is C13H10N4O. The van der Waals surface area contributed by atoms with Crippen LogP contribution in [0.3, 0.4) is 0 Å². The Bertz CT molecular complexity index is 733. The van der Waals surface area contributed by atoms with E-state index in [1.54, 1.807) is 6.33 Å². The molecule has 0 amide bonds. The highest BCUT2D eigenvalue weighted by atomic mass is 16.1. The molecule has 0 fully saturated rings. The van der Waals surface area contributed by atoms with E-state index in [2.05, 4.69) is 19.9 Å². The van der Waals surface area contributed by atoms with Gasteiger partial charge in [0, 0.05) is 11.3 Å². The number of carbonyl (C=O) groups is 1. The van der Waals surface area contributed by atoms with Crippen molar-refractivity contribution in [2.45, 2.75) is 6.92 Å². The van der Waals surface area contributed by atoms with Crippen LogP contribution in [0.5, 0.6) is 0 Å². The Morgan fingerprint density at radius 2 is 2.11 bits per heavy atom. The Hall–Kier alpha value is -2.56. The van der Waals surface area contributed by atoms with Crippen LogP contribution in [0.2, 0.25) is 0 Å². The summed E-state index contributed by atoms with van der Waals surface area (Å²) in [5.41, 5.74) is 4.28. The maximum absolute atomic E-state index is 10.8. The maximum Gasteiger partial charge on any atom is 0.193 e. The Kier molecular flexibility index (Phi) is 2.37. The number of rotatable bonds is 2. The number of H-pyrrole nitrogens is 1. The first-order chi connectivity index (χ1) is 8.76. The molecule has 0 radical (unpaired) electrons. The van der Waals surface area contributed by atoms with Crippen molar-refractivity contribution in [3.63, 3.8) is 0 Å². The molecule has 1 aromatic carbocycles. The van der Waals surface area contributed by atoms with Crippen molar-refractivity contribution in [3.8, 4) is 11.3 Å². The van der Waals surface area contributed by atoms with Gasteiger partial charge in [0.15, 0.2) is 12.1 Å². The third kappa shape index (κ3) is 1.75. The molecular weight excluding hydrogens is 228 g/mol. The fourth-order valence-electron chi connectivity index (χ4n) is 1.89. The molecule has 0 aliphatic heterocycles. The maximum atomic E-state index is 10.8. The summed E-state index contributed by atoms with van der Waals surface area (Å²) in [4.78, 5) is 26.2. The highest BCUT2D eigenvalue weighted by Crippen LogP contribution is 2.21. The SMILES string of the molecule is Cc1cc(-c2ccc3nc[nH]c3c2)nc(C=O)n1. The summed E-state index contributed by atoms with van der Waals surface area (Å²) in [6.45, 7) is 1.84. The summed E-state index contributed by atoms with van der Waals surface area (Å²) < 4.78 is 0. The van der Waals surface area contributed by atoms with Crippen LogP contribution in [0.25, 0.3) is 22.3 Å². The molecule has 0 saturated heterocycles. The molecule has 0 aliphatic rings. The van der Waals surface area contributed by atoms with Gasteiger partial charge in [-0.1, -0.05) is 6.07 Å². The van der Waals surface area contributed by atoms with Gasteiger partial charge in [0.25, 0.3) is 0 Å². The molecule has 3 rings (SSSR count). The number of aromatic amines is 1. The van der Waals surface area contributed by atoms with Crippen LogP contribution in [-0.2, 0) is 0 Å². The second-order valence-electron chi connectivity index (χ2n) is 4.01. The van der Waals surface area contributed by atoms with Crippen molar-refractivity contribution < 1.29 is 4.79 Å². The van der Waals surface area contributed by atoms with E-state index in [0.717, 1.165) is 28.0 Å². The van der Waals surface area contributed by atoms with Crippen LogP contribution in [0.4, 0.5) is 0 Å². The normalized spacial score (nSPS) is 10.7. The average Bonchev–Trinajstić information content (AvgIpc) is 2.85. The second kappa shape index (κ2) is 4.03. The smallest absolute Gasteiger partial charge is 0.193 e. The molecule has 5 nitrogen and oxygen atoms in total. The lowest BCUT2D eigenvalue weighted by Gasteiger charge is -2.03. The number of fused-ring (bicyclic) bond motifs is 1. The predicted octanol–water partition coefficient (Wildman–Crippen LogP) is 2.14. The van der Waals surface area contributed by atoms with Gasteiger partial charge in [0.1, 0.15) is 0 Å².